The SMILES string of the molecule is C(#CC12CC3CC(CC(C3)C1)C2)c1ccc(-c2ccc(C#CC34CC5CC(CC(C5)C3)C4)cc2)cc1. The van der Waals surface area contributed by atoms with Crippen LogP contribution in [0.25, 0.3) is 11.1 Å². The summed E-state index contributed by atoms with van der Waals surface area (Å²) >= 11 is 0. The van der Waals surface area contributed by atoms with Gasteiger partial charge in [-0.2, -0.15) is 0 Å². The average Bonchev–Trinajstić information content (AvgIpc) is 2.86. The van der Waals surface area contributed by atoms with Crippen molar-refractivity contribution >= 4 is 0 Å². The van der Waals surface area contributed by atoms with E-state index < -0.39 is 0 Å². The third-order valence-corrected chi connectivity index (χ3v) is 11.1. The molecule has 8 aliphatic carbocycles. The summed E-state index contributed by atoms with van der Waals surface area (Å²) in [5.74, 6) is 20.6. The molecule has 8 aliphatic rings. The van der Waals surface area contributed by atoms with E-state index in [1.165, 1.54) is 99.3 Å². The fraction of sp³-hybridized carbons (Fsp3) is 0.556. The Labute approximate surface area is 217 Å². The van der Waals surface area contributed by atoms with Crippen molar-refractivity contribution in [1.82, 2.24) is 0 Å². The van der Waals surface area contributed by atoms with Crippen LogP contribution >= 0.6 is 0 Å². The Morgan fingerprint density at radius 3 is 0.972 bits per heavy atom. The molecule has 2 aromatic carbocycles. The lowest BCUT2D eigenvalue weighted by atomic mass is 9.50. The second-order valence-corrected chi connectivity index (χ2v) is 14.1. The Balaban J connectivity index is 0.964. The van der Waals surface area contributed by atoms with Crippen LogP contribution in [0.1, 0.15) is 88.2 Å². The maximum Gasteiger partial charge on any atom is 0.0326 e. The molecule has 0 heterocycles. The molecule has 10 rings (SSSR count). The van der Waals surface area contributed by atoms with Gasteiger partial charge >= 0.3 is 0 Å². The van der Waals surface area contributed by atoms with Gasteiger partial charge in [0.1, 0.15) is 0 Å². The van der Waals surface area contributed by atoms with E-state index in [2.05, 4.69) is 72.2 Å². The van der Waals surface area contributed by atoms with Gasteiger partial charge in [-0.1, -0.05) is 47.9 Å². The van der Waals surface area contributed by atoms with Crippen LogP contribution in [-0.4, -0.2) is 0 Å². The highest BCUT2D eigenvalue weighted by molar-refractivity contribution is 5.65. The Morgan fingerprint density at radius 2 is 0.694 bits per heavy atom. The van der Waals surface area contributed by atoms with Crippen molar-refractivity contribution in [3.63, 3.8) is 0 Å². The first-order valence-electron chi connectivity index (χ1n) is 14.9. The highest BCUT2D eigenvalue weighted by Gasteiger charge is 2.51. The zero-order valence-electron chi connectivity index (χ0n) is 21.6. The summed E-state index contributed by atoms with van der Waals surface area (Å²) in [6, 6.07) is 17.9. The van der Waals surface area contributed by atoms with E-state index in [0.29, 0.717) is 10.8 Å². The minimum Gasteiger partial charge on any atom is -0.0911 e. The van der Waals surface area contributed by atoms with Crippen LogP contribution in [0.2, 0.25) is 0 Å². The molecule has 0 saturated heterocycles. The highest BCUT2D eigenvalue weighted by Crippen LogP contribution is 2.60. The molecule has 36 heavy (non-hydrogen) atoms. The number of hydrogen-bond donors (Lipinski definition) is 0. The van der Waals surface area contributed by atoms with Crippen molar-refractivity contribution in [2.75, 3.05) is 0 Å². The largest absolute Gasteiger partial charge is 0.0911 e. The van der Waals surface area contributed by atoms with E-state index in [1.807, 2.05) is 0 Å². The zero-order chi connectivity index (χ0) is 23.7. The van der Waals surface area contributed by atoms with Crippen molar-refractivity contribution in [1.29, 1.82) is 0 Å². The molecule has 8 bridgehead atoms. The van der Waals surface area contributed by atoms with Crippen molar-refractivity contribution in [2.24, 2.45) is 46.3 Å². The molecule has 0 spiro atoms. The van der Waals surface area contributed by atoms with E-state index in [1.54, 1.807) is 0 Å². The molecule has 0 amide bonds. The van der Waals surface area contributed by atoms with E-state index >= 15 is 0 Å². The Kier molecular flexibility index (Phi) is 4.82. The number of benzene rings is 2. The van der Waals surface area contributed by atoms with Crippen LogP contribution in [0.4, 0.5) is 0 Å². The first kappa shape index (κ1) is 21.6. The second kappa shape index (κ2) is 8.03. The van der Waals surface area contributed by atoms with Gasteiger partial charge in [-0.15, -0.1) is 0 Å². The van der Waals surface area contributed by atoms with Crippen LogP contribution in [0.15, 0.2) is 48.5 Å². The molecule has 0 aromatic heterocycles. The van der Waals surface area contributed by atoms with Crippen molar-refractivity contribution in [3.8, 4) is 34.8 Å². The van der Waals surface area contributed by atoms with Gasteiger partial charge in [0.25, 0.3) is 0 Å². The third kappa shape index (κ3) is 3.84. The van der Waals surface area contributed by atoms with E-state index in [9.17, 15) is 0 Å². The van der Waals surface area contributed by atoms with Gasteiger partial charge in [0.2, 0.25) is 0 Å². The third-order valence-electron chi connectivity index (χ3n) is 11.1. The van der Waals surface area contributed by atoms with E-state index in [-0.39, 0.29) is 0 Å². The first-order valence-corrected chi connectivity index (χ1v) is 14.9. The van der Waals surface area contributed by atoms with Crippen LogP contribution in [0.3, 0.4) is 0 Å². The number of rotatable bonds is 1. The van der Waals surface area contributed by atoms with Crippen LogP contribution in [0, 0.1) is 70.0 Å². The summed E-state index contributed by atoms with van der Waals surface area (Å²) in [7, 11) is 0. The quantitative estimate of drug-likeness (QED) is 0.367. The summed E-state index contributed by atoms with van der Waals surface area (Å²) in [4.78, 5) is 0. The topological polar surface area (TPSA) is 0 Å². The molecule has 0 nitrogen and oxygen atoms in total. The molecular weight excluding hydrogens is 432 g/mol. The predicted molar refractivity (Wildman–Crippen MR) is 147 cm³/mol. The fourth-order valence-corrected chi connectivity index (χ4v) is 10.4. The van der Waals surface area contributed by atoms with Crippen LogP contribution < -0.4 is 0 Å². The van der Waals surface area contributed by atoms with Crippen molar-refractivity contribution in [3.05, 3.63) is 59.7 Å². The lowest BCUT2D eigenvalue weighted by Gasteiger charge is -2.54. The molecule has 8 fully saturated rings. The van der Waals surface area contributed by atoms with Gasteiger partial charge in [0, 0.05) is 22.0 Å². The fourth-order valence-electron chi connectivity index (χ4n) is 10.4. The van der Waals surface area contributed by atoms with Crippen molar-refractivity contribution in [2.45, 2.75) is 77.0 Å². The Morgan fingerprint density at radius 1 is 0.417 bits per heavy atom. The summed E-state index contributed by atoms with van der Waals surface area (Å²) in [5, 5.41) is 0. The molecule has 2 aromatic rings. The highest BCUT2D eigenvalue weighted by atomic mass is 14.5. The average molecular weight is 471 g/mol. The zero-order valence-corrected chi connectivity index (χ0v) is 21.6. The molecule has 0 N–H and O–H groups in total. The maximum absolute atomic E-state index is 3.81. The standard InChI is InChI=1S/C36H38/c1-5-33(6-2-25(1)9-11-35-19-27-13-28(20-35)15-29(14-27)21-35)34-7-3-26(4-8-34)10-12-36-22-30-16-31(23-36)18-32(17-30)24-36/h1-8,27-32H,13-24H2. The molecule has 0 aliphatic heterocycles. The summed E-state index contributed by atoms with van der Waals surface area (Å²) in [6.07, 6.45) is 17.1. The predicted octanol–water partition coefficient (Wildman–Crippen LogP) is 8.49. The lowest BCUT2D eigenvalue weighted by Crippen LogP contribution is -2.45. The van der Waals surface area contributed by atoms with Crippen LogP contribution in [-0.2, 0) is 0 Å². The monoisotopic (exact) mass is 470 g/mol. The van der Waals surface area contributed by atoms with Gasteiger partial charge in [0.15, 0.2) is 0 Å². The van der Waals surface area contributed by atoms with Gasteiger partial charge in [-0.05, 0) is 148 Å². The first-order chi connectivity index (χ1) is 17.6. The summed E-state index contributed by atoms with van der Waals surface area (Å²) < 4.78 is 0. The van der Waals surface area contributed by atoms with Gasteiger partial charge < -0.3 is 0 Å². The molecule has 0 unspecified atom stereocenters. The molecule has 0 heteroatoms. The smallest absolute Gasteiger partial charge is 0.0326 e. The summed E-state index contributed by atoms with van der Waals surface area (Å²) in [6.45, 7) is 0. The number of hydrogen-bond acceptors (Lipinski definition) is 0. The Bertz CT molecular complexity index is 1110. The van der Waals surface area contributed by atoms with Gasteiger partial charge in [-0.25, -0.2) is 0 Å². The second-order valence-electron chi connectivity index (χ2n) is 14.1. The molecule has 0 atom stereocenters. The van der Waals surface area contributed by atoms with Gasteiger partial charge in [0.05, 0.1) is 0 Å². The van der Waals surface area contributed by atoms with E-state index in [4.69, 9.17) is 0 Å². The van der Waals surface area contributed by atoms with E-state index in [0.717, 1.165) is 35.5 Å². The normalized spacial score (nSPS) is 40.9. The van der Waals surface area contributed by atoms with Crippen LogP contribution in [0.5, 0.6) is 0 Å². The minimum absolute atomic E-state index is 0.334. The van der Waals surface area contributed by atoms with Crippen molar-refractivity contribution < 1.29 is 0 Å². The molecule has 8 saturated carbocycles. The maximum atomic E-state index is 3.81. The Hall–Kier alpha value is -2.44. The molecule has 0 radical (unpaired) electrons. The molecular formula is C36H38. The lowest BCUT2D eigenvalue weighted by molar-refractivity contribution is -0.0182. The summed E-state index contributed by atoms with van der Waals surface area (Å²) in [5.41, 5.74) is 5.56. The molecule has 182 valence electrons. The minimum atomic E-state index is 0.334. The van der Waals surface area contributed by atoms with Gasteiger partial charge in [-0.3, -0.25) is 0 Å².